The molecule has 1 aliphatic rings. The smallest absolute Gasteiger partial charge is 0.369 e. The number of nitrogens with one attached hydrogen (secondary N) is 2. The normalized spacial score (nSPS) is 16.2. The second-order valence-corrected chi connectivity index (χ2v) is 7.05. The van der Waals surface area contributed by atoms with E-state index in [1.165, 1.54) is 0 Å². The molecule has 0 spiro atoms. The van der Waals surface area contributed by atoms with Crippen molar-refractivity contribution in [3.05, 3.63) is 29.3 Å². The molecule has 1 saturated heterocycles. The van der Waals surface area contributed by atoms with Gasteiger partial charge in [0.25, 0.3) is 5.91 Å². The molecule has 24 heavy (non-hydrogen) atoms. The predicted molar refractivity (Wildman–Crippen MR) is 88.6 cm³/mol. The molecule has 0 unspecified atom stereocenters. The highest BCUT2D eigenvalue weighted by Crippen LogP contribution is 2.28. The number of nitrogens with zero attached hydrogens (tertiary/aromatic N) is 1. The molecule has 0 radical (unpaired) electrons. The monoisotopic (exact) mass is 343 g/mol. The third-order valence-electron chi connectivity index (χ3n) is 3.98. The number of alkyl halides is 3. The third kappa shape index (κ3) is 5.12. The van der Waals surface area contributed by atoms with E-state index in [2.05, 4.69) is 10.2 Å². The zero-order valence-corrected chi connectivity index (χ0v) is 14.3. The van der Waals surface area contributed by atoms with Crippen LogP contribution in [0.4, 0.5) is 18.9 Å². The van der Waals surface area contributed by atoms with Crippen LogP contribution in [0.25, 0.3) is 0 Å². The van der Waals surface area contributed by atoms with Crippen LogP contribution in [0, 0.1) is 0 Å². The van der Waals surface area contributed by atoms with Crippen molar-refractivity contribution in [2.24, 2.45) is 0 Å². The number of hydrogen-bond donors (Lipinski definition) is 2. The number of carbonyl (C=O) groups is 1. The topological polar surface area (TPSA) is 44.4 Å². The van der Waals surface area contributed by atoms with Gasteiger partial charge in [-0.15, -0.1) is 0 Å². The number of piperazine rings is 1. The van der Waals surface area contributed by atoms with Crippen molar-refractivity contribution in [1.29, 1.82) is 0 Å². The second-order valence-electron chi connectivity index (χ2n) is 7.05. The first kappa shape index (κ1) is 18.6. The van der Waals surface area contributed by atoms with Gasteiger partial charge in [-0.05, 0) is 29.2 Å². The maximum Gasteiger partial charge on any atom is 0.405 e. The van der Waals surface area contributed by atoms with Crippen LogP contribution in [0.3, 0.4) is 0 Å². The van der Waals surface area contributed by atoms with Crippen molar-refractivity contribution < 1.29 is 18.0 Å². The van der Waals surface area contributed by atoms with Crippen LogP contribution in [-0.2, 0) is 5.41 Å². The molecule has 2 N–H and O–H groups in total. The number of hydrogen-bond acceptors (Lipinski definition) is 3. The van der Waals surface area contributed by atoms with E-state index in [0.29, 0.717) is 0 Å². The van der Waals surface area contributed by atoms with E-state index in [4.69, 9.17) is 0 Å². The molecule has 1 amide bonds. The lowest BCUT2D eigenvalue weighted by Gasteiger charge is -2.31. The second kappa shape index (κ2) is 7.01. The van der Waals surface area contributed by atoms with Crippen molar-refractivity contribution in [1.82, 2.24) is 10.6 Å². The van der Waals surface area contributed by atoms with Crippen molar-refractivity contribution in [2.45, 2.75) is 32.4 Å². The van der Waals surface area contributed by atoms with Crippen LogP contribution in [0.15, 0.2) is 18.2 Å². The largest absolute Gasteiger partial charge is 0.405 e. The van der Waals surface area contributed by atoms with Gasteiger partial charge in [0.2, 0.25) is 0 Å². The quantitative estimate of drug-likeness (QED) is 0.887. The van der Waals surface area contributed by atoms with Gasteiger partial charge in [-0.2, -0.15) is 13.2 Å². The molecule has 0 aromatic heterocycles. The van der Waals surface area contributed by atoms with E-state index in [9.17, 15) is 18.0 Å². The molecule has 1 heterocycles. The fourth-order valence-corrected chi connectivity index (χ4v) is 2.56. The summed E-state index contributed by atoms with van der Waals surface area (Å²) in [7, 11) is 0. The van der Waals surface area contributed by atoms with Crippen LogP contribution in [-0.4, -0.2) is 44.8 Å². The summed E-state index contributed by atoms with van der Waals surface area (Å²) in [4.78, 5) is 14.3. The Labute approximate surface area is 140 Å². The molecule has 7 heteroatoms. The lowest BCUT2D eigenvalue weighted by molar-refractivity contribution is -0.123. The number of rotatable bonds is 3. The number of anilines is 1. The average Bonchev–Trinajstić information content (AvgIpc) is 2.51. The lowest BCUT2D eigenvalue weighted by Crippen LogP contribution is -2.43. The van der Waals surface area contributed by atoms with Gasteiger partial charge in [-0.1, -0.05) is 20.8 Å². The molecule has 1 aromatic carbocycles. The molecular formula is C17H24F3N3O. The summed E-state index contributed by atoms with van der Waals surface area (Å²) in [6, 6.07) is 5.37. The molecule has 1 fully saturated rings. The summed E-state index contributed by atoms with van der Waals surface area (Å²) in [6.45, 7) is 8.01. The fourth-order valence-electron chi connectivity index (χ4n) is 2.56. The maximum atomic E-state index is 12.3. The first-order valence-corrected chi connectivity index (χ1v) is 8.02. The molecule has 0 aliphatic carbocycles. The number of carbonyl (C=O) groups excluding carboxylic acids is 1. The Kier molecular flexibility index (Phi) is 5.42. The number of halogens is 3. The van der Waals surface area contributed by atoms with E-state index in [0.717, 1.165) is 37.4 Å². The SMILES string of the molecule is CC(C)(C)c1cc(C(=O)NCC(F)(F)F)cc(N2CCNCC2)c1. The molecule has 0 atom stereocenters. The summed E-state index contributed by atoms with van der Waals surface area (Å²) < 4.78 is 37.0. The molecule has 1 aliphatic heterocycles. The van der Waals surface area contributed by atoms with Crippen LogP contribution in [0.1, 0.15) is 36.7 Å². The van der Waals surface area contributed by atoms with Gasteiger partial charge in [0.15, 0.2) is 0 Å². The first-order chi connectivity index (χ1) is 11.1. The van der Waals surface area contributed by atoms with E-state index in [1.54, 1.807) is 12.1 Å². The molecule has 0 bridgehead atoms. The summed E-state index contributed by atoms with van der Waals surface area (Å²) in [5.74, 6) is -0.699. The molecule has 2 rings (SSSR count). The minimum atomic E-state index is -4.42. The van der Waals surface area contributed by atoms with Crippen LogP contribution in [0.2, 0.25) is 0 Å². The van der Waals surface area contributed by atoms with Crippen LogP contribution in [0.5, 0.6) is 0 Å². The van der Waals surface area contributed by atoms with Gasteiger partial charge in [0.05, 0.1) is 0 Å². The molecule has 4 nitrogen and oxygen atoms in total. The van der Waals surface area contributed by atoms with E-state index in [-0.39, 0.29) is 11.0 Å². The summed E-state index contributed by atoms with van der Waals surface area (Å²) in [5.41, 5.74) is 1.86. The predicted octanol–water partition coefficient (Wildman–Crippen LogP) is 2.69. The maximum absolute atomic E-state index is 12.3. The minimum Gasteiger partial charge on any atom is -0.369 e. The average molecular weight is 343 g/mol. The summed E-state index contributed by atoms with van der Waals surface area (Å²) in [6.07, 6.45) is -4.42. The Hall–Kier alpha value is -1.76. The van der Waals surface area contributed by atoms with Gasteiger partial charge in [-0.3, -0.25) is 4.79 Å². The highest BCUT2D eigenvalue weighted by atomic mass is 19.4. The van der Waals surface area contributed by atoms with E-state index < -0.39 is 18.6 Å². The number of amides is 1. The standard InChI is InChI=1S/C17H24F3N3O/c1-16(2,3)13-8-12(15(24)22-11-17(18,19)20)9-14(10-13)23-6-4-21-5-7-23/h8-10,21H,4-7,11H2,1-3H3,(H,22,24). The van der Waals surface area contributed by atoms with Crippen molar-refractivity contribution in [3.8, 4) is 0 Å². The van der Waals surface area contributed by atoms with Gasteiger partial charge >= 0.3 is 6.18 Å². The van der Waals surface area contributed by atoms with Crippen molar-refractivity contribution >= 4 is 11.6 Å². The highest BCUT2D eigenvalue weighted by Gasteiger charge is 2.28. The first-order valence-electron chi connectivity index (χ1n) is 8.02. The Morgan fingerprint density at radius 2 is 1.79 bits per heavy atom. The van der Waals surface area contributed by atoms with Crippen molar-refractivity contribution in [3.63, 3.8) is 0 Å². The Morgan fingerprint density at radius 3 is 2.33 bits per heavy atom. The summed E-state index contributed by atoms with van der Waals surface area (Å²) in [5, 5.41) is 5.21. The van der Waals surface area contributed by atoms with Crippen LogP contribution < -0.4 is 15.5 Å². The lowest BCUT2D eigenvalue weighted by atomic mass is 9.85. The Bertz CT molecular complexity index is 588. The molecule has 134 valence electrons. The highest BCUT2D eigenvalue weighted by molar-refractivity contribution is 5.95. The van der Waals surface area contributed by atoms with Gasteiger partial charge in [0, 0.05) is 37.4 Å². The van der Waals surface area contributed by atoms with E-state index >= 15 is 0 Å². The van der Waals surface area contributed by atoms with E-state index in [1.807, 2.05) is 32.2 Å². The third-order valence-corrected chi connectivity index (χ3v) is 3.98. The zero-order chi connectivity index (χ0) is 18.0. The van der Waals surface area contributed by atoms with Crippen LogP contribution >= 0.6 is 0 Å². The van der Waals surface area contributed by atoms with Gasteiger partial charge < -0.3 is 15.5 Å². The number of benzene rings is 1. The Morgan fingerprint density at radius 1 is 1.17 bits per heavy atom. The Balaban J connectivity index is 2.30. The van der Waals surface area contributed by atoms with Crippen molar-refractivity contribution in [2.75, 3.05) is 37.6 Å². The fraction of sp³-hybridized carbons (Fsp3) is 0.588. The zero-order valence-electron chi connectivity index (χ0n) is 14.3. The molecule has 0 saturated carbocycles. The van der Waals surface area contributed by atoms with Gasteiger partial charge in [0.1, 0.15) is 6.54 Å². The van der Waals surface area contributed by atoms with Gasteiger partial charge in [-0.25, -0.2) is 0 Å². The minimum absolute atomic E-state index is 0.205. The summed E-state index contributed by atoms with van der Waals surface area (Å²) >= 11 is 0. The molecule has 1 aromatic rings. The molecular weight excluding hydrogens is 319 g/mol.